The van der Waals surface area contributed by atoms with Gasteiger partial charge in [0.1, 0.15) is 23.6 Å². The molecule has 232 valence electrons. The molecule has 0 bridgehead atoms. The zero-order chi connectivity index (χ0) is 32.9. The fourth-order valence-corrected chi connectivity index (χ4v) is 5.11. The predicted octanol–water partition coefficient (Wildman–Crippen LogP) is 5.72. The second kappa shape index (κ2) is 13.5. The topological polar surface area (TPSA) is 123 Å². The molecule has 0 spiro atoms. The molecule has 0 saturated carbocycles. The summed E-state index contributed by atoms with van der Waals surface area (Å²) in [5, 5.41) is 23.1. The average molecular weight is 633 g/mol. The van der Waals surface area contributed by atoms with E-state index < -0.39 is 58.0 Å². The van der Waals surface area contributed by atoms with E-state index in [1.807, 2.05) is 6.07 Å². The van der Waals surface area contributed by atoms with Gasteiger partial charge in [-0.1, -0.05) is 36.4 Å². The number of sulfone groups is 1. The van der Waals surface area contributed by atoms with E-state index in [0.29, 0.717) is 11.1 Å². The van der Waals surface area contributed by atoms with Gasteiger partial charge in [-0.25, -0.2) is 17.2 Å². The normalized spacial score (nSPS) is 14.1. The van der Waals surface area contributed by atoms with E-state index in [1.54, 1.807) is 6.07 Å². The molecule has 0 aliphatic heterocycles. The molecule has 3 rings (SSSR count). The Balaban J connectivity index is 1.87. The number of halogens is 5. The van der Waals surface area contributed by atoms with Crippen LogP contribution < -0.4 is 10.6 Å². The Morgan fingerprint density at radius 3 is 1.98 bits per heavy atom. The van der Waals surface area contributed by atoms with Gasteiger partial charge in [0, 0.05) is 19.1 Å². The summed E-state index contributed by atoms with van der Waals surface area (Å²) < 4.78 is 95.3. The zero-order valence-electron chi connectivity index (χ0n) is 23.9. The van der Waals surface area contributed by atoms with Crippen molar-refractivity contribution in [2.45, 2.75) is 61.6 Å². The molecular weight excluding hydrogens is 603 g/mol. The molecule has 0 saturated heterocycles. The molecule has 13 heteroatoms. The van der Waals surface area contributed by atoms with Crippen molar-refractivity contribution < 1.29 is 35.2 Å². The number of rotatable bonds is 11. The van der Waals surface area contributed by atoms with Gasteiger partial charge in [-0.15, -0.1) is 0 Å². The lowest BCUT2D eigenvalue weighted by Crippen LogP contribution is -2.53. The minimum Gasteiger partial charge on any atom is -0.339 e. The van der Waals surface area contributed by atoms with Crippen molar-refractivity contribution in [2.24, 2.45) is 0 Å². The largest absolute Gasteiger partial charge is 0.407 e. The van der Waals surface area contributed by atoms with Crippen LogP contribution >= 0.6 is 0 Å². The Labute approximate surface area is 252 Å². The first-order valence-corrected chi connectivity index (χ1v) is 15.1. The Bertz CT molecular complexity index is 1670. The van der Waals surface area contributed by atoms with Gasteiger partial charge < -0.3 is 5.32 Å². The first-order valence-electron chi connectivity index (χ1n) is 13.2. The summed E-state index contributed by atoms with van der Waals surface area (Å²) in [6, 6.07) is 12.4. The molecule has 3 aromatic rings. The van der Waals surface area contributed by atoms with Crippen LogP contribution in [0.15, 0.2) is 71.6 Å². The van der Waals surface area contributed by atoms with Gasteiger partial charge in [-0.2, -0.15) is 23.7 Å². The van der Waals surface area contributed by atoms with Crippen LogP contribution in [0.3, 0.4) is 0 Å². The third-order valence-corrected chi connectivity index (χ3v) is 7.76. The lowest BCUT2D eigenvalue weighted by atomic mass is 9.96. The Hall–Kier alpha value is -4.33. The lowest BCUT2D eigenvalue weighted by Gasteiger charge is -2.30. The molecule has 1 unspecified atom stereocenters. The minimum atomic E-state index is -4.92. The third-order valence-electron chi connectivity index (χ3n) is 6.63. The van der Waals surface area contributed by atoms with Crippen LogP contribution in [0.5, 0.6) is 0 Å². The summed E-state index contributed by atoms with van der Waals surface area (Å²) in [5.74, 6) is -1.85. The maximum atomic E-state index is 14.7. The second-order valence-corrected chi connectivity index (χ2v) is 12.9. The summed E-state index contributed by atoms with van der Waals surface area (Å²) in [6.07, 6.45) is -4.95. The summed E-state index contributed by atoms with van der Waals surface area (Å²) in [4.78, 5) is 13.3. The van der Waals surface area contributed by atoms with Crippen LogP contribution in [0.25, 0.3) is 11.1 Å². The van der Waals surface area contributed by atoms with Crippen molar-refractivity contribution >= 4 is 15.7 Å². The Morgan fingerprint density at radius 2 is 1.50 bits per heavy atom. The van der Waals surface area contributed by atoms with Crippen LogP contribution in [0.4, 0.5) is 22.0 Å². The molecule has 3 aromatic carbocycles. The highest BCUT2D eigenvalue weighted by atomic mass is 32.2. The van der Waals surface area contributed by atoms with E-state index in [0.717, 1.165) is 26.2 Å². The van der Waals surface area contributed by atoms with Crippen molar-refractivity contribution in [2.75, 3.05) is 6.26 Å². The van der Waals surface area contributed by atoms with Crippen molar-refractivity contribution in [3.63, 3.8) is 0 Å². The molecule has 1 amide bonds. The van der Waals surface area contributed by atoms with Crippen molar-refractivity contribution in [1.29, 1.82) is 10.5 Å². The molecule has 0 heterocycles. The Kier molecular flexibility index (Phi) is 10.5. The van der Waals surface area contributed by atoms with E-state index in [4.69, 9.17) is 5.26 Å². The van der Waals surface area contributed by atoms with E-state index in [2.05, 4.69) is 10.6 Å². The number of alkyl halides is 4. The quantitative estimate of drug-likeness (QED) is 0.261. The van der Waals surface area contributed by atoms with Gasteiger partial charge in [0.15, 0.2) is 9.84 Å². The highest BCUT2D eigenvalue weighted by Gasteiger charge is 2.44. The van der Waals surface area contributed by atoms with Gasteiger partial charge in [-0.3, -0.25) is 10.1 Å². The van der Waals surface area contributed by atoms with Gasteiger partial charge in [0.25, 0.3) is 0 Å². The number of amides is 1. The number of benzene rings is 3. The number of nitriles is 2. The SMILES string of the molecule is CC(C)(F)C[C@H](N[C@@H](c1ccc(-c2ccc(S(C)(=O)=O)cc2)cc1)C(F)(F)F)C(=O)NC(C#N)Cc1cc(C#N)ccc1F. The van der Waals surface area contributed by atoms with Gasteiger partial charge in [0.05, 0.1) is 28.6 Å². The van der Waals surface area contributed by atoms with E-state index >= 15 is 0 Å². The van der Waals surface area contributed by atoms with E-state index in [1.165, 1.54) is 60.7 Å². The molecule has 2 N–H and O–H groups in total. The lowest BCUT2D eigenvalue weighted by molar-refractivity contribution is -0.161. The van der Waals surface area contributed by atoms with Crippen LogP contribution in [-0.4, -0.2) is 44.5 Å². The molecule has 7 nitrogen and oxygen atoms in total. The van der Waals surface area contributed by atoms with Gasteiger partial charge >= 0.3 is 6.18 Å². The van der Waals surface area contributed by atoms with Crippen LogP contribution in [0, 0.1) is 28.5 Å². The fraction of sp³-hybridized carbons (Fsp3) is 0.323. The number of carbonyl (C=O) groups is 1. The standard InChI is InChI=1S/C31H29F5N4O3S/c1-30(2,33)16-27(29(41)39-24(18-38)15-23-14-19(17-37)4-13-26(23)32)40-28(31(34,35)36)22-7-5-20(6-8-22)21-9-11-25(12-10-21)44(3,42)43/h4-14,24,27-28,40H,15-16H2,1-3H3,(H,39,41)/t24?,27-,28-/m0/s1. The Morgan fingerprint density at radius 1 is 0.932 bits per heavy atom. The number of nitrogens with one attached hydrogen (secondary N) is 2. The highest BCUT2D eigenvalue weighted by Crippen LogP contribution is 2.35. The first kappa shape index (κ1) is 34.2. The van der Waals surface area contributed by atoms with E-state index in [9.17, 15) is 40.4 Å². The van der Waals surface area contributed by atoms with Gasteiger partial charge in [-0.05, 0) is 66.4 Å². The smallest absolute Gasteiger partial charge is 0.339 e. The number of hydrogen-bond acceptors (Lipinski definition) is 6. The molecule has 0 aromatic heterocycles. The summed E-state index contributed by atoms with van der Waals surface area (Å²) in [7, 11) is -3.44. The maximum absolute atomic E-state index is 14.7. The summed E-state index contributed by atoms with van der Waals surface area (Å²) in [6.45, 7) is 2.18. The maximum Gasteiger partial charge on any atom is 0.407 e. The number of hydrogen-bond donors (Lipinski definition) is 2. The predicted molar refractivity (Wildman–Crippen MR) is 153 cm³/mol. The molecule has 0 aliphatic carbocycles. The van der Waals surface area contributed by atoms with Crippen LogP contribution in [0.1, 0.15) is 43.0 Å². The van der Waals surface area contributed by atoms with Crippen molar-refractivity contribution in [3.05, 3.63) is 89.2 Å². The summed E-state index contributed by atoms with van der Waals surface area (Å²) in [5.41, 5.74) is -1.29. The molecule has 44 heavy (non-hydrogen) atoms. The monoisotopic (exact) mass is 632 g/mol. The second-order valence-electron chi connectivity index (χ2n) is 10.8. The van der Waals surface area contributed by atoms with Crippen molar-refractivity contribution in [3.8, 4) is 23.3 Å². The van der Waals surface area contributed by atoms with Crippen LogP contribution in [-0.2, 0) is 21.1 Å². The summed E-state index contributed by atoms with van der Waals surface area (Å²) >= 11 is 0. The third kappa shape index (κ3) is 9.33. The van der Waals surface area contributed by atoms with Crippen molar-refractivity contribution in [1.82, 2.24) is 10.6 Å². The van der Waals surface area contributed by atoms with Gasteiger partial charge in [0.2, 0.25) is 5.91 Å². The average Bonchev–Trinajstić information content (AvgIpc) is 2.94. The zero-order valence-corrected chi connectivity index (χ0v) is 24.7. The first-order chi connectivity index (χ1) is 20.4. The van der Waals surface area contributed by atoms with E-state index in [-0.39, 0.29) is 28.0 Å². The highest BCUT2D eigenvalue weighted by molar-refractivity contribution is 7.90. The molecule has 0 radical (unpaired) electrons. The molecule has 0 fully saturated rings. The molecular formula is C31H29F5N4O3S. The molecule has 3 atom stereocenters. The molecule has 0 aliphatic rings. The fourth-order valence-electron chi connectivity index (χ4n) is 4.48. The minimum absolute atomic E-state index is 0.0644. The van der Waals surface area contributed by atoms with Crippen LogP contribution in [0.2, 0.25) is 0 Å². The number of nitrogens with zero attached hydrogens (tertiary/aromatic N) is 2. The number of carbonyl (C=O) groups excluding carboxylic acids is 1.